The zero-order valence-corrected chi connectivity index (χ0v) is 18.5. The predicted molar refractivity (Wildman–Crippen MR) is 122 cm³/mol. The van der Waals surface area contributed by atoms with E-state index in [0.717, 1.165) is 4.90 Å². The number of benzene rings is 3. The number of nitrogens with zero attached hydrogens (tertiary/aromatic N) is 1. The molecule has 0 aromatic heterocycles. The van der Waals surface area contributed by atoms with Crippen LogP contribution in [0, 0.1) is 5.82 Å². The minimum absolute atomic E-state index is 0.0562. The molecule has 1 fully saturated rings. The number of amides is 1. The van der Waals surface area contributed by atoms with E-state index in [4.69, 9.17) is 21.1 Å². The lowest BCUT2D eigenvalue weighted by Gasteiger charge is -2.26. The van der Waals surface area contributed by atoms with Crippen LogP contribution in [0.1, 0.15) is 17.2 Å². The Kier molecular flexibility index (Phi) is 6.07. The molecular formula is C25H19ClFNO5. The Hall–Kier alpha value is -3.84. The molecule has 1 N–H and O–H groups in total. The fraction of sp³-hybridized carbons (Fsp3) is 0.120. The Morgan fingerprint density at radius 1 is 1.00 bits per heavy atom. The topological polar surface area (TPSA) is 76.1 Å². The van der Waals surface area contributed by atoms with Crippen molar-refractivity contribution in [2.75, 3.05) is 19.1 Å². The van der Waals surface area contributed by atoms with Gasteiger partial charge in [-0.2, -0.15) is 0 Å². The van der Waals surface area contributed by atoms with Crippen molar-refractivity contribution in [3.05, 3.63) is 94.3 Å². The van der Waals surface area contributed by atoms with Gasteiger partial charge in [0.25, 0.3) is 11.7 Å². The maximum absolute atomic E-state index is 14.9. The highest BCUT2D eigenvalue weighted by Gasteiger charge is 2.48. The molecule has 1 unspecified atom stereocenters. The van der Waals surface area contributed by atoms with Gasteiger partial charge >= 0.3 is 0 Å². The van der Waals surface area contributed by atoms with Crippen LogP contribution in [-0.2, 0) is 9.59 Å². The van der Waals surface area contributed by atoms with Gasteiger partial charge < -0.3 is 14.6 Å². The second-order valence-electron chi connectivity index (χ2n) is 7.23. The molecule has 8 heteroatoms. The maximum atomic E-state index is 14.9. The number of anilines is 1. The molecule has 3 aromatic carbocycles. The van der Waals surface area contributed by atoms with E-state index < -0.39 is 29.3 Å². The van der Waals surface area contributed by atoms with Crippen molar-refractivity contribution >= 4 is 34.7 Å². The number of aliphatic hydroxyl groups excluding tert-OH is 1. The lowest BCUT2D eigenvalue weighted by atomic mass is 9.94. The molecule has 168 valence electrons. The second-order valence-corrected chi connectivity index (χ2v) is 7.67. The molecule has 0 aliphatic carbocycles. The Bertz CT molecular complexity index is 1270. The first kappa shape index (κ1) is 22.4. The molecule has 6 nitrogen and oxygen atoms in total. The summed E-state index contributed by atoms with van der Waals surface area (Å²) in [7, 11) is 2.87. The highest BCUT2D eigenvalue weighted by Crippen LogP contribution is 2.44. The number of halogens is 2. The minimum atomic E-state index is -1.21. The van der Waals surface area contributed by atoms with Gasteiger partial charge in [0.15, 0.2) is 0 Å². The summed E-state index contributed by atoms with van der Waals surface area (Å²) < 4.78 is 25.4. The first-order chi connectivity index (χ1) is 15.9. The molecule has 3 aromatic rings. The number of ether oxygens (including phenoxy) is 2. The number of carbonyl (C=O) groups excluding carboxylic acids is 2. The average Bonchev–Trinajstić information content (AvgIpc) is 3.09. The van der Waals surface area contributed by atoms with Crippen LogP contribution in [0.15, 0.2) is 72.3 Å². The molecule has 33 heavy (non-hydrogen) atoms. The number of Topliss-reactive ketones (excluding diaryl/α,β-unsaturated/α-hetero) is 1. The lowest BCUT2D eigenvalue weighted by Crippen LogP contribution is -2.29. The van der Waals surface area contributed by atoms with Crippen molar-refractivity contribution in [1.82, 2.24) is 0 Å². The number of carbonyl (C=O) groups is 2. The van der Waals surface area contributed by atoms with Crippen LogP contribution in [0.4, 0.5) is 10.1 Å². The molecule has 1 heterocycles. The van der Waals surface area contributed by atoms with Gasteiger partial charge in [0, 0.05) is 22.3 Å². The highest BCUT2D eigenvalue weighted by molar-refractivity contribution is 6.51. The van der Waals surface area contributed by atoms with Crippen molar-refractivity contribution in [3.8, 4) is 11.5 Å². The third kappa shape index (κ3) is 3.91. The highest BCUT2D eigenvalue weighted by atomic mass is 35.5. The average molecular weight is 468 g/mol. The first-order valence-corrected chi connectivity index (χ1v) is 10.3. The van der Waals surface area contributed by atoms with Gasteiger partial charge in [0.2, 0.25) is 0 Å². The van der Waals surface area contributed by atoms with Crippen molar-refractivity contribution in [2.24, 2.45) is 0 Å². The zero-order chi connectivity index (χ0) is 23.7. The molecule has 1 saturated heterocycles. The van der Waals surface area contributed by atoms with E-state index in [1.807, 2.05) is 0 Å². The van der Waals surface area contributed by atoms with Crippen molar-refractivity contribution < 1.29 is 28.6 Å². The van der Waals surface area contributed by atoms with Crippen LogP contribution in [0.25, 0.3) is 5.76 Å². The van der Waals surface area contributed by atoms with Gasteiger partial charge in [-0.05, 0) is 42.5 Å². The molecule has 0 bridgehead atoms. The zero-order valence-electron chi connectivity index (χ0n) is 17.7. The van der Waals surface area contributed by atoms with Gasteiger partial charge in [0.1, 0.15) is 23.1 Å². The molecule has 0 saturated carbocycles. The normalized spacial score (nSPS) is 17.3. The maximum Gasteiger partial charge on any atom is 0.300 e. The monoisotopic (exact) mass is 467 g/mol. The fourth-order valence-corrected chi connectivity index (χ4v) is 3.96. The van der Waals surface area contributed by atoms with Gasteiger partial charge in [0.05, 0.1) is 31.4 Å². The molecule has 1 aliphatic heterocycles. The van der Waals surface area contributed by atoms with Crippen LogP contribution in [0.2, 0.25) is 5.02 Å². The Morgan fingerprint density at radius 2 is 1.70 bits per heavy atom. The van der Waals surface area contributed by atoms with E-state index in [1.165, 1.54) is 44.6 Å². The molecular weight excluding hydrogens is 449 g/mol. The first-order valence-electron chi connectivity index (χ1n) is 9.90. The number of methoxy groups -OCH3 is 2. The minimum Gasteiger partial charge on any atom is -0.507 e. The number of aliphatic hydroxyl groups is 1. The molecule has 1 amide bonds. The summed E-state index contributed by atoms with van der Waals surface area (Å²) in [5, 5.41) is 11.7. The smallest absolute Gasteiger partial charge is 0.300 e. The van der Waals surface area contributed by atoms with E-state index in [0.29, 0.717) is 16.5 Å². The van der Waals surface area contributed by atoms with Crippen LogP contribution >= 0.6 is 11.6 Å². The largest absolute Gasteiger partial charge is 0.507 e. The third-order valence-electron chi connectivity index (χ3n) is 5.41. The fourth-order valence-electron chi connectivity index (χ4n) is 3.83. The quantitative estimate of drug-likeness (QED) is 0.320. The number of ketones is 1. The van der Waals surface area contributed by atoms with Crippen LogP contribution in [0.5, 0.6) is 11.5 Å². The summed E-state index contributed by atoms with van der Waals surface area (Å²) in [5.41, 5.74) is 0.286. The Morgan fingerprint density at radius 3 is 2.33 bits per heavy atom. The summed E-state index contributed by atoms with van der Waals surface area (Å²) >= 11 is 5.98. The van der Waals surface area contributed by atoms with Crippen LogP contribution < -0.4 is 14.4 Å². The van der Waals surface area contributed by atoms with Gasteiger partial charge in [-0.1, -0.05) is 29.8 Å². The standard InChI is InChI=1S/C25H19ClFNO5/c1-32-16-11-12-18(20(13-16)33-2)23(29)21-22(17-5-3-4-6-19(17)27)28(25(31)24(21)30)15-9-7-14(26)8-10-15/h3-13,22,29H,1-2H3/b23-21+. The summed E-state index contributed by atoms with van der Waals surface area (Å²) in [6, 6.07) is 15.4. The van der Waals surface area contributed by atoms with E-state index >= 15 is 0 Å². The van der Waals surface area contributed by atoms with Gasteiger partial charge in [-0.25, -0.2) is 4.39 Å². The molecule has 4 rings (SSSR count). The summed E-state index contributed by atoms with van der Waals surface area (Å²) in [4.78, 5) is 27.4. The number of hydrogen-bond donors (Lipinski definition) is 1. The Labute approximate surface area is 194 Å². The molecule has 0 radical (unpaired) electrons. The second kappa shape index (κ2) is 8.96. The lowest BCUT2D eigenvalue weighted by molar-refractivity contribution is -0.132. The van der Waals surface area contributed by atoms with Crippen LogP contribution in [-0.4, -0.2) is 31.0 Å². The molecule has 1 atom stereocenters. The predicted octanol–water partition coefficient (Wildman–Crippen LogP) is 5.12. The van der Waals surface area contributed by atoms with E-state index in [1.54, 1.807) is 36.4 Å². The van der Waals surface area contributed by atoms with Crippen molar-refractivity contribution in [1.29, 1.82) is 0 Å². The van der Waals surface area contributed by atoms with Gasteiger partial charge in [-0.3, -0.25) is 14.5 Å². The SMILES string of the molecule is COc1ccc(/C(O)=C2\C(=O)C(=O)N(c3ccc(Cl)cc3)C2c2ccccc2F)c(OC)c1. The summed E-state index contributed by atoms with van der Waals surface area (Å²) in [6.07, 6.45) is 0. The third-order valence-corrected chi connectivity index (χ3v) is 5.66. The summed E-state index contributed by atoms with van der Waals surface area (Å²) in [5.74, 6) is -2.28. The van der Waals surface area contributed by atoms with Crippen LogP contribution in [0.3, 0.4) is 0 Å². The number of rotatable bonds is 5. The van der Waals surface area contributed by atoms with Gasteiger partial charge in [-0.15, -0.1) is 0 Å². The Balaban J connectivity index is 1.98. The molecule has 1 aliphatic rings. The van der Waals surface area contributed by atoms with Crippen molar-refractivity contribution in [3.63, 3.8) is 0 Å². The van der Waals surface area contributed by atoms with E-state index in [-0.39, 0.29) is 22.4 Å². The van der Waals surface area contributed by atoms with E-state index in [9.17, 15) is 19.1 Å². The number of hydrogen-bond acceptors (Lipinski definition) is 5. The summed E-state index contributed by atoms with van der Waals surface area (Å²) in [6.45, 7) is 0. The van der Waals surface area contributed by atoms with Crippen molar-refractivity contribution in [2.45, 2.75) is 6.04 Å². The molecule has 0 spiro atoms. The van der Waals surface area contributed by atoms with E-state index in [2.05, 4.69) is 0 Å².